The van der Waals surface area contributed by atoms with E-state index in [1.54, 1.807) is 42.5 Å². The Kier molecular flexibility index (Phi) is 7.78. The van der Waals surface area contributed by atoms with Crippen LogP contribution in [0.4, 0.5) is 11.4 Å². The second-order valence-corrected chi connectivity index (χ2v) is 11.7. The highest BCUT2D eigenvalue weighted by Gasteiger charge is 2.31. The molecule has 7 nitrogen and oxygen atoms in total. The molecule has 4 rings (SSSR count). The predicted molar refractivity (Wildman–Crippen MR) is 135 cm³/mol. The lowest BCUT2D eigenvalue weighted by Gasteiger charge is -2.27. The van der Waals surface area contributed by atoms with Crippen molar-refractivity contribution in [1.82, 2.24) is 5.32 Å². The highest BCUT2D eigenvalue weighted by molar-refractivity contribution is 7.90. The zero-order valence-electron chi connectivity index (χ0n) is 19.0. The van der Waals surface area contributed by atoms with Crippen molar-refractivity contribution in [1.29, 1.82) is 0 Å². The number of sulfone groups is 1. The summed E-state index contributed by atoms with van der Waals surface area (Å²) in [6.07, 6.45) is 7.90. The van der Waals surface area contributed by atoms with Crippen LogP contribution in [0.15, 0.2) is 42.5 Å². The lowest BCUT2D eigenvalue weighted by molar-refractivity contribution is -0.116. The number of halogens is 1. The van der Waals surface area contributed by atoms with Gasteiger partial charge >= 0.3 is 0 Å². The number of hydrogen-bond donors (Lipinski definition) is 3. The molecule has 0 unspecified atom stereocenters. The summed E-state index contributed by atoms with van der Waals surface area (Å²) in [7, 11) is -3.56. The number of amides is 2. The molecule has 0 aromatic heterocycles. The Hall–Kier alpha value is -2.58. The molecule has 9 heteroatoms. The first-order valence-electron chi connectivity index (χ1n) is 11.8. The third-order valence-corrected chi connectivity index (χ3v) is 8.21. The normalized spacial score (nSPS) is 19.2. The number of rotatable bonds is 6. The fraction of sp³-hybridized carbons (Fsp3) is 0.440. The minimum absolute atomic E-state index is 0.157. The molecular weight excluding hydrogens is 474 g/mol. The summed E-state index contributed by atoms with van der Waals surface area (Å²) < 4.78 is 25.4. The molecule has 2 aromatic rings. The van der Waals surface area contributed by atoms with E-state index in [9.17, 15) is 18.0 Å². The van der Waals surface area contributed by atoms with Crippen LogP contribution in [-0.4, -0.2) is 38.1 Å². The van der Waals surface area contributed by atoms with Gasteiger partial charge in [-0.05, 0) is 48.7 Å². The average Bonchev–Trinajstić information content (AvgIpc) is 2.77. The van der Waals surface area contributed by atoms with E-state index in [4.69, 9.17) is 11.6 Å². The van der Waals surface area contributed by atoms with Gasteiger partial charge in [0.1, 0.15) is 6.04 Å². The molecule has 0 bridgehead atoms. The minimum atomic E-state index is -3.56. The Morgan fingerprint density at radius 3 is 2.35 bits per heavy atom. The highest BCUT2D eigenvalue weighted by atomic mass is 35.5. The lowest BCUT2D eigenvalue weighted by Crippen LogP contribution is -2.43. The SMILES string of the molecule is O=C(NC1CCCCCCC1)c1ccc2c(c1)NC(=O)[C@@H](CS(=O)(=O)Cc1ccc(Cl)cc1)N2. The fourth-order valence-electron chi connectivity index (χ4n) is 4.52. The van der Waals surface area contributed by atoms with Crippen molar-refractivity contribution in [2.24, 2.45) is 0 Å². The summed E-state index contributed by atoms with van der Waals surface area (Å²) in [6.45, 7) is 0. The van der Waals surface area contributed by atoms with Crippen molar-refractivity contribution in [3.05, 3.63) is 58.6 Å². The zero-order chi connectivity index (χ0) is 24.1. The second-order valence-electron chi connectivity index (χ2n) is 9.14. The van der Waals surface area contributed by atoms with E-state index in [2.05, 4.69) is 16.0 Å². The summed E-state index contributed by atoms with van der Waals surface area (Å²) in [4.78, 5) is 25.4. The number of hydrogen-bond acceptors (Lipinski definition) is 5. The highest BCUT2D eigenvalue weighted by Crippen LogP contribution is 2.29. The number of benzene rings is 2. The van der Waals surface area contributed by atoms with E-state index in [-0.39, 0.29) is 23.5 Å². The topological polar surface area (TPSA) is 104 Å². The molecule has 34 heavy (non-hydrogen) atoms. The van der Waals surface area contributed by atoms with Crippen LogP contribution in [0.5, 0.6) is 0 Å². The van der Waals surface area contributed by atoms with E-state index < -0.39 is 21.8 Å². The number of fused-ring (bicyclic) bond motifs is 1. The van der Waals surface area contributed by atoms with Crippen LogP contribution in [0, 0.1) is 0 Å². The Bertz CT molecular complexity index is 1140. The molecule has 0 saturated heterocycles. The van der Waals surface area contributed by atoms with Crippen LogP contribution < -0.4 is 16.0 Å². The minimum Gasteiger partial charge on any atom is -0.371 e. The van der Waals surface area contributed by atoms with Crippen LogP contribution in [0.3, 0.4) is 0 Å². The van der Waals surface area contributed by atoms with Gasteiger partial charge in [-0.2, -0.15) is 0 Å². The van der Waals surface area contributed by atoms with Gasteiger partial charge in [-0.1, -0.05) is 55.8 Å². The van der Waals surface area contributed by atoms with Gasteiger partial charge < -0.3 is 16.0 Å². The number of nitrogens with one attached hydrogen (secondary N) is 3. The molecule has 1 aliphatic carbocycles. The maximum absolute atomic E-state index is 12.8. The third-order valence-electron chi connectivity index (χ3n) is 6.35. The van der Waals surface area contributed by atoms with E-state index in [1.165, 1.54) is 19.3 Å². The zero-order valence-corrected chi connectivity index (χ0v) is 20.6. The summed E-state index contributed by atoms with van der Waals surface area (Å²) in [5.74, 6) is -1.12. The molecule has 0 radical (unpaired) electrons. The first kappa shape index (κ1) is 24.5. The Morgan fingerprint density at radius 1 is 0.971 bits per heavy atom. The third kappa shape index (κ3) is 6.51. The largest absolute Gasteiger partial charge is 0.371 e. The van der Waals surface area contributed by atoms with Crippen molar-refractivity contribution < 1.29 is 18.0 Å². The molecule has 1 aliphatic heterocycles. The lowest BCUT2D eigenvalue weighted by atomic mass is 9.96. The monoisotopic (exact) mass is 503 g/mol. The van der Waals surface area contributed by atoms with E-state index in [1.807, 2.05) is 0 Å². The predicted octanol–water partition coefficient (Wildman–Crippen LogP) is 4.53. The molecule has 2 amide bonds. The second kappa shape index (κ2) is 10.8. The number of carbonyl (C=O) groups excluding carboxylic acids is 2. The van der Waals surface area contributed by atoms with Gasteiger partial charge in [0.05, 0.1) is 22.9 Å². The fourth-order valence-corrected chi connectivity index (χ4v) is 6.21. The molecule has 1 heterocycles. The van der Waals surface area contributed by atoms with Crippen molar-refractivity contribution in [3.63, 3.8) is 0 Å². The average molecular weight is 504 g/mol. The molecule has 1 saturated carbocycles. The summed E-state index contributed by atoms with van der Waals surface area (Å²) in [5.41, 5.74) is 2.15. The van der Waals surface area contributed by atoms with E-state index in [0.717, 1.165) is 25.7 Å². The molecule has 1 fully saturated rings. The molecule has 182 valence electrons. The number of anilines is 2. The molecule has 2 aliphatic rings. The van der Waals surface area contributed by atoms with E-state index >= 15 is 0 Å². The first-order chi connectivity index (χ1) is 16.3. The Balaban J connectivity index is 1.39. The molecule has 3 N–H and O–H groups in total. The van der Waals surface area contributed by atoms with Crippen LogP contribution >= 0.6 is 11.6 Å². The maximum Gasteiger partial charge on any atom is 0.251 e. The molecule has 0 spiro atoms. The van der Waals surface area contributed by atoms with Crippen molar-refractivity contribution >= 4 is 44.6 Å². The standard InChI is InChI=1S/C25H30ClN3O4S/c26-19-11-8-17(9-12-19)15-34(32,33)16-23-25(31)29-22-14-18(10-13-21(22)28-23)24(30)27-20-6-4-2-1-3-5-7-20/h8-14,20,23,28H,1-7,15-16H2,(H,27,30)(H,29,31)/t23-/m1/s1. The van der Waals surface area contributed by atoms with Gasteiger partial charge in [0.15, 0.2) is 9.84 Å². The van der Waals surface area contributed by atoms with Crippen LogP contribution in [0.25, 0.3) is 0 Å². The molecule has 1 atom stereocenters. The summed E-state index contributed by atoms with van der Waals surface area (Å²) in [5, 5.41) is 9.43. The van der Waals surface area contributed by atoms with Crippen LogP contribution in [-0.2, 0) is 20.4 Å². The van der Waals surface area contributed by atoms with Crippen molar-refractivity contribution in [3.8, 4) is 0 Å². The Morgan fingerprint density at radius 2 is 1.65 bits per heavy atom. The number of carbonyl (C=O) groups is 2. The van der Waals surface area contributed by atoms with Gasteiger partial charge in [-0.3, -0.25) is 9.59 Å². The van der Waals surface area contributed by atoms with Crippen molar-refractivity contribution in [2.45, 2.75) is 62.8 Å². The smallest absolute Gasteiger partial charge is 0.251 e. The first-order valence-corrected chi connectivity index (χ1v) is 14.0. The van der Waals surface area contributed by atoms with Crippen LogP contribution in [0.1, 0.15) is 60.9 Å². The van der Waals surface area contributed by atoms with Crippen LogP contribution in [0.2, 0.25) is 5.02 Å². The van der Waals surface area contributed by atoms with Gasteiger partial charge in [0.2, 0.25) is 5.91 Å². The Labute approximate surface area is 205 Å². The van der Waals surface area contributed by atoms with Gasteiger partial charge in [0.25, 0.3) is 5.91 Å². The summed E-state index contributed by atoms with van der Waals surface area (Å²) in [6, 6.07) is 10.9. The maximum atomic E-state index is 12.8. The van der Waals surface area contributed by atoms with Gasteiger partial charge in [0, 0.05) is 16.6 Å². The van der Waals surface area contributed by atoms with Gasteiger partial charge in [-0.25, -0.2) is 8.42 Å². The quantitative estimate of drug-likeness (QED) is 0.537. The molecule has 2 aromatic carbocycles. The van der Waals surface area contributed by atoms with Gasteiger partial charge in [-0.15, -0.1) is 0 Å². The van der Waals surface area contributed by atoms with Crippen molar-refractivity contribution in [2.75, 3.05) is 16.4 Å². The van der Waals surface area contributed by atoms with E-state index in [0.29, 0.717) is 27.5 Å². The molecular formula is C25H30ClN3O4S. The summed E-state index contributed by atoms with van der Waals surface area (Å²) >= 11 is 5.86.